The van der Waals surface area contributed by atoms with Gasteiger partial charge in [0.2, 0.25) is 0 Å². The van der Waals surface area contributed by atoms with Crippen LogP contribution in [0.3, 0.4) is 0 Å². The fourth-order valence-corrected chi connectivity index (χ4v) is 0.957. The Morgan fingerprint density at radius 1 is 1.67 bits per heavy atom. The number of nitrogens with zero attached hydrogens (tertiary/aromatic N) is 4. The summed E-state index contributed by atoms with van der Waals surface area (Å²) in [6, 6.07) is 3.22. The molecule has 0 unspecified atom stereocenters. The van der Waals surface area contributed by atoms with Crippen LogP contribution in [0.1, 0.15) is 23.0 Å². The molecule has 0 spiro atoms. The van der Waals surface area contributed by atoms with E-state index in [1.54, 1.807) is 19.1 Å². The SMILES string of the molecule is CCOC(=O)c1ccc(CN=[N+]=[N-])cn1. The number of azide groups is 1. The molecule has 1 heterocycles. The predicted molar refractivity (Wildman–Crippen MR) is 53.0 cm³/mol. The van der Waals surface area contributed by atoms with Crippen LogP contribution in [0.4, 0.5) is 0 Å². The van der Waals surface area contributed by atoms with Crippen LogP contribution in [0.5, 0.6) is 0 Å². The van der Waals surface area contributed by atoms with Crippen LogP contribution < -0.4 is 0 Å². The summed E-state index contributed by atoms with van der Waals surface area (Å²) >= 11 is 0. The summed E-state index contributed by atoms with van der Waals surface area (Å²) in [5.41, 5.74) is 9.11. The molecule has 0 aliphatic heterocycles. The lowest BCUT2D eigenvalue weighted by molar-refractivity contribution is 0.0519. The van der Waals surface area contributed by atoms with Crippen molar-refractivity contribution in [2.75, 3.05) is 6.61 Å². The number of pyridine rings is 1. The quantitative estimate of drug-likeness (QED) is 0.327. The van der Waals surface area contributed by atoms with Gasteiger partial charge in [-0.2, -0.15) is 0 Å². The number of esters is 1. The maximum atomic E-state index is 11.2. The van der Waals surface area contributed by atoms with E-state index < -0.39 is 5.97 Å². The molecule has 0 aliphatic carbocycles. The molecular formula is C9H10N4O2. The van der Waals surface area contributed by atoms with Crippen molar-refractivity contribution in [3.63, 3.8) is 0 Å². The molecule has 1 aromatic heterocycles. The minimum absolute atomic E-state index is 0.229. The Kier molecular flexibility index (Phi) is 4.12. The van der Waals surface area contributed by atoms with Gasteiger partial charge in [0, 0.05) is 11.1 Å². The highest BCUT2D eigenvalue weighted by Crippen LogP contribution is 2.03. The summed E-state index contributed by atoms with van der Waals surface area (Å²) in [5, 5.41) is 3.38. The van der Waals surface area contributed by atoms with Crippen molar-refractivity contribution in [3.05, 3.63) is 40.0 Å². The second kappa shape index (κ2) is 5.62. The molecular weight excluding hydrogens is 196 g/mol. The fourth-order valence-electron chi connectivity index (χ4n) is 0.957. The van der Waals surface area contributed by atoms with Crippen LogP contribution >= 0.6 is 0 Å². The average Bonchev–Trinajstić information content (AvgIpc) is 2.27. The normalized spacial score (nSPS) is 9.13. The molecule has 0 aliphatic rings. The molecule has 1 rings (SSSR count). The Morgan fingerprint density at radius 3 is 3.00 bits per heavy atom. The molecule has 0 radical (unpaired) electrons. The standard InChI is InChI=1S/C9H10N4O2/c1-2-15-9(14)8-4-3-7(5-11-8)6-12-13-10/h3-5H,2,6H2,1H3. The smallest absolute Gasteiger partial charge is 0.356 e. The van der Waals surface area contributed by atoms with Gasteiger partial charge >= 0.3 is 5.97 Å². The van der Waals surface area contributed by atoms with Crippen LogP contribution in [0.2, 0.25) is 0 Å². The van der Waals surface area contributed by atoms with Crippen molar-refractivity contribution in [2.24, 2.45) is 5.11 Å². The van der Waals surface area contributed by atoms with E-state index in [4.69, 9.17) is 10.3 Å². The lowest BCUT2D eigenvalue weighted by atomic mass is 10.2. The van der Waals surface area contributed by atoms with Crippen molar-refractivity contribution in [1.29, 1.82) is 0 Å². The van der Waals surface area contributed by atoms with Crippen molar-refractivity contribution in [3.8, 4) is 0 Å². The monoisotopic (exact) mass is 206 g/mol. The van der Waals surface area contributed by atoms with Crippen LogP contribution in [-0.2, 0) is 11.3 Å². The Bertz CT molecular complexity index is 382. The third kappa shape index (κ3) is 3.28. The first-order valence-corrected chi connectivity index (χ1v) is 4.40. The summed E-state index contributed by atoms with van der Waals surface area (Å²) in [4.78, 5) is 17.7. The molecule has 6 heteroatoms. The predicted octanol–water partition coefficient (Wildman–Crippen LogP) is 2.07. The summed E-state index contributed by atoms with van der Waals surface area (Å²) < 4.78 is 4.77. The zero-order chi connectivity index (χ0) is 11.1. The molecule has 1 aromatic rings. The third-order valence-corrected chi connectivity index (χ3v) is 1.63. The number of hydrogen-bond donors (Lipinski definition) is 0. The van der Waals surface area contributed by atoms with E-state index in [-0.39, 0.29) is 12.2 Å². The maximum absolute atomic E-state index is 11.2. The van der Waals surface area contributed by atoms with Crippen LogP contribution in [-0.4, -0.2) is 17.6 Å². The summed E-state index contributed by atoms with van der Waals surface area (Å²) in [6.45, 7) is 2.28. The van der Waals surface area contributed by atoms with Gasteiger partial charge in [-0.15, -0.1) is 0 Å². The first kappa shape index (κ1) is 11.0. The Hall–Kier alpha value is -2.07. The number of carbonyl (C=O) groups excluding carboxylic acids is 1. The van der Waals surface area contributed by atoms with E-state index >= 15 is 0 Å². The van der Waals surface area contributed by atoms with Crippen molar-refractivity contribution in [1.82, 2.24) is 4.98 Å². The second-order valence-corrected chi connectivity index (χ2v) is 2.66. The van der Waals surface area contributed by atoms with Gasteiger partial charge in [-0.05, 0) is 24.1 Å². The Morgan fingerprint density at radius 2 is 2.47 bits per heavy atom. The van der Waals surface area contributed by atoms with Gasteiger partial charge in [0.05, 0.1) is 13.2 Å². The Balaban J connectivity index is 2.71. The van der Waals surface area contributed by atoms with Gasteiger partial charge in [0.1, 0.15) is 5.69 Å². The van der Waals surface area contributed by atoms with Gasteiger partial charge in [-0.25, -0.2) is 9.78 Å². The van der Waals surface area contributed by atoms with E-state index in [0.29, 0.717) is 6.61 Å². The second-order valence-electron chi connectivity index (χ2n) is 2.66. The molecule has 15 heavy (non-hydrogen) atoms. The van der Waals surface area contributed by atoms with Crippen molar-refractivity contribution >= 4 is 5.97 Å². The fraction of sp³-hybridized carbons (Fsp3) is 0.333. The van der Waals surface area contributed by atoms with E-state index in [2.05, 4.69) is 15.0 Å². The Labute approximate surface area is 86.5 Å². The van der Waals surface area contributed by atoms with Crippen molar-refractivity contribution < 1.29 is 9.53 Å². The number of aromatic nitrogens is 1. The van der Waals surface area contributed by atoms with E-state index in [1.807, 2.05) is 0 Å². The van der Waals surface area contributed by atoms with Crippen LogP contribution in [0.15, 0.2) is 23.4 Å². The molecule has 0 amide bonds. The van der Waals surface area contributed by atoms with Crippen molar-refractivity contribution in [2.45, 2.75) is 13.5 Å². The molecule has 0 fully saturated rings. The number of ether oxygens (including phenoxy) is 1. The average molecular weight is 206 g/mol. The molecule has 0 aromatic carbocycles. The number of carbonyl (C=O) groups is 1. The van der Waals surface area contributed by atoms with Gasteiger partial charge in [-0.1, -0.05) is 11.2 Å². The first-order valence-electron chi connectivity index (χ1n) is 4.40. The molecule has 0 atom stereocenters. The number of rotatable bonds is 4. The highest BCUT2D eigenvalue weighted by atomic mass is 16.5. The highest BCUT2D eigenvalue weighted by molar-refractivity contribution is 5.87. The minimum Gasteiger partial charge on any atom is -0.461 e. The lowest BCUT2D eigenvalue weighted by Gasteiger charge is -2.01. The van der Waals surface area contributed by atoms with Gasteiger partial charge in [0.15, 0.2) is 0 Å². The zero-order valence-corrected chi connectivity index (χ0v) is 8.25. The largest absolute Gasteiger partial charge is 0.461 e. The summed E-state index contributed by atoms with van der Waals surface area (Å²) in [6.07, 6.45) is 1.49. The van der Waals surface area contributed by atoms with E-state index in [0.717, 1.165) is 5.56 Å². The maximum Gasteiger partial charge on any atom is 0.356 e. The third-order valence-electron chi connectivity index (χ3n) is 1.63. The first-order chi connectivity index (χ1) is 7.27. The van der Waals surface area contributed by atoms with Gasteiger partial charge in [-0.3, -0.25) is 0 Å². The lowest BCUT2D eigenvalue weighted by Crippen LogP contribution is -2.06. The highest BCUT2D eigenvalue weighted by Gasteiger charge is 2.06. The molecule has 0 saturated heterocycles. The molecule has 0 bridgehead atoms. The van der Waals surface area contributed by atoms with Gasteiger partial charge in [0.25, 0.3) is 0 Å². The molecule has 6 nitrogen and oxygen atoms in total. The van der Waals surface area contributed by atoms with Gasteiger partial charge < -0.3 is 4.74 Å². The molecule has 0 N–H and O–H groups in total. The van der Waals surface area contributed by atoms with Crippen LogP contribution in [0, 0.1) is 0 Å². The minimum atomic E-state index is -0.451. The molecule has 78 valence electrons. The van der Waals surface area contributed by atoms with E-state index in [1.165, 1.54) is 6.20 Å². The number of hydrogen-bond acceptors (Lipinski definition) is 4. The summed E-state index contributed by atoms with van der Waals surface area (Å²) in [5.74, 6) is -0.451. The van der Waals surface area contributed by atoms with Crippen LogP contribution in [0.25, 0.3) is 10.4 Å². The summed E-state index contributed by atoms with van der Waals surface area (Å²) in [7, 11) is 0. The zero-order valence-electron chi connectivity index (χ0n) is 8.25. The topological polar surface area (TPSA) is 88.0 Å². The molecule has 0 saturated carbocycles. The van der Waals surface area contributed by atoms with E-state index in [9.17, 15) is 4.79 Å².